The number of likely N-dealkylation sites (tertiary alicyclic amines) is 1. The van der Waals surface area contributed by atoms with Crippen LogP contribution in [0.3, 0.4) is 0 Å². The fourth-order valence-corrected chi connectivity index (χ4v) is 5.08. The first kappa shape index (κ1) is 22.3. The fraction of sp³-hybridized carbons (Fsp3) is 0.200. The molecule has 6 rings (SSSR count). The molecule has 0 amide bonds. The predicted octanol–water partition coefficient (Wildman–Crippen LogP) is 5.69. The van der Waals surface area contributed by atoms with Gasteiger partial charge in [0.1, 0.15) is 5.58 Å². The molecule has 1 aliphatic rings. The second-order valence-corrected chi connectivity index (χ2v) is 9.25. The summed E-state index contributed by atoms with van der Waals surface area (Å²) in [5.41, 5.74) is 5.54. The SMILES string of the molecule is O=c1c(CN2CCCC(c3nc(-c4ccncc4)ncc3-c3ccccc3)C2)coc2ccccc12. The zero-order valence-electron chi connectivity index (χ0n) is 19.9. The molecule has 0 saturated carbocycles. The summed E-state index contributed by atoms with van der Waals surface area (Å²) in [5, 5.41) is 0.632. The number of pyridine rings is 1. The molecule has 0 N–H and O–H groups in total. The molecule has 0 spiro atoms. The normalized spacial score (nSPS) is 16.3. The molecule has 3 aromatic heterocycles. The standard InChI is InChI=1S/C30H26N4O2/c35-29-24(20-36-27-11-5-4-10-25(27)29)19-34-16-6-9-23(18-34)28-26(21-7-2-1-3-8-21)17-32-30(33-28)22-12-14-31-15-13-22/h1-5,7-8,10-15,17,20,23H,6,9,16,18-19H2. The second kappa shape index (κ2) is 9.84. The monoisotopic (exact) mass is 474 g/mol. The van der Waals surface area contributed by atoms with Crippen molar-refractivity contribution >= 4 is 11.0 Å². The summed E-state index contributed by atoms with van der Waals surface area (Å²) >= 11 is 0. The maximum Gasteiger partial charge on any atom is 0.197 e. The zero-order chi connectivity index (χ0) is 24.3. The number of aromatic nitrogens is 3. The Morgan fingerprint density at radius 2 is 1.75 bits per heavy atom. The smallest absolute Gasteiger partial charge is 0.197 e. The Bertz CT molecular complexity index is 1550. The van der Waals surface area contributed by atoms with Gasteiger partial charge >= 0.3 is 0 Å². The molecule has 4 heterocycles. The quantitative estimate of drug-likeness (QED) is 0.326. The predicted molar refractivity (Wildman–Crippen MR) is 140 cm³/mol. The van der Waals surface area contributed by atoms with Gasteiger partial charge < -0.3 is 4.42 Å². The summed E-state index contributed by atoms with van der Waals surface area (Å²) < 4.78 is 5.77. The summed E-state index contributed by atoms with van der Waals surface area (Å²) in [6.07, 6.45) is 9.17. The van der Waals surface area contributed by atoms with Crippen LogP contribution in [-0.4, -0.2) is 32.9 Å². The Balaban J connectivity index is 1.33. The van der Waals surface area contributed by atoms with Gasteiger partial charge in [-0.05, 0) is 49.2 Å². The number of nitrogens with zero attached hydrogens (tertiary/aromatic N) is 4. The summed E-state index contributed by atoms with van der Waals surface area (Å²) in [5.74, 6) is 0.935. The largest absolute Gasteiger partial charge is 0.464 e. The highest BCUT2D eigenvalue weighted by Crippen LogP contribution is 2.34. The molecule has 36 heavy (non-hydrogen) atoms. The van der Waals surface area contributed by atoms with Gasteiger partial charge in [0.15, 0.2) is 11.3 Å². The third-order valence-electron chi connectivity index (χ3n) is 6.88. The maximum absolute atomic E-state index is 13.1. The lowest BCUT2D eigenvalue weighted by molar-refractivity contribution is 0.197. The van der Waals surface area contributed by atoms with Crippen molar-refractivity contribution in [3.05, 3.63) is 113 Å². The Labute approximate surface area is 209 Å². The van der Waals surface area contributed by atoms with Gasteiger partial charge in [0.25, 0.3) is 0 Å². The van der Waals surface area contributed by atoms with Crippen molar-refractivity contribution in [1.29, 1.82) is 0 Å². The van der Waals surface area contributed by atoms with Crippen LogP contribution in [0.25, 0.3) is 33.5 Å². The summed E-state index contributed by atoms with van der Waals surface area (Å²) in [6.45, 7) is 2.32. The molecule has 5 aromatic rings. The van der Waals surface area contributed by atoms with E-state index in [1.807, 2.05) is 60.8 Å². The van der Waals surface area contributed by atoms with Gasteiger partial charge in [-0.25, -0.2) is 9.97 Å². The van der Waals surface area contributed by atoms with Crippen LogP contribution in [0, 0.1) is 0 Å². The topological polar surface area (TPSA) is 72.1 Å². The number of rotatable bonds is 5. The van der Waals surface area contributed by atoms with Crippen LogP contribution >= 0.6 is 0 Å². The van der Waals surface area contributed by atoms with E-state index in [2.05, 4.69) is 22.0 Å². The van der Waals surface area contributed by atoms with E-state index in [0.717, 1.165) is 48.3 Å². The van der Waals surface area contributed by atoms with Gasteiger partial charge in [-0.2, -0.15) is 0 Å². The van der Waals surface area contributed by atoms with Crippen molar-refractivity contribution in [3.8, 4) is 22.5 Å². The van der Waals surface area contributed by atoms with Crippen molar-refractivity contribution in [1.82, 2.24) is 19.9 Å². The van der Waals surface area contributed by atoms with Crippen molar-refractivity contribution in [3.63, 3.8) is 0 Å². The van der Waals surface area contributed by atoms with Gasteiger partial charge in [-0.15, -0.1) is 0 Å². The Kier molecular flexibility index (Phi) is 6.10. The van der Waals surface area contributed by atoms with Crippen molar-refractivity contribution in [2.24, 2.45) is 0 Å². The van der Waals surface area contributed by atoms with E-state index in [9.17, 15) is 4.79 Å². The minimum atomic E-state index is 0.0472. The number of hydrogen-bond donors (Lipinski definition) is 0. The van der Waals surface area contributed by atoms with Crippen molar-refractivity contribution in [2.45, 2.75) is 25.3 Å². The summed E-state index contributed by atoms with van der Waals surface area (Å²) in [7, 11) is 0. The number of fused-ring (bicyclic) bond motifs is 1. The molecule has 0 bridgehead atoms. The van der Waals surface area contributed by atoms with Crippen LogP contribution in [0.2, 0.25) is 0 Å². The lowest BCUT2D eigenvalue weighted by Crippen LogP contribution is -2.35. The van der Waals surface area contributed by atoms with Crippen molar-refractivity contribution in [2.75, 3.05) is 13.1 Å². The molecular formula is C30H26N4O2. The fourth-order valence-electron chi connectivity index (χ4n) is 5.08. The number of piperidine rings is 1. The van der Waals surface area contributed by atoms with E-state index in [4.69, 9.17) is 14.4 Å². The molecular weight excluding hydrogens is 448 g/mol. The van der Waals surface area contributed by atoms with Crippen LogP contribution < -0.4 is 5.43 Å². The minimum Gasteiger partial charge on any atom is -0.464 e. The van der Waals surface area contributed by atoms with E-state index in [0.29, 0.717) is 28.9 Å². The molecule has 1 fully saturated rings. The molecule has 1 saturated heterocycles. The third-order valence-corrected chi connectivity index (χ3v) is 6.88. The van der Waals surface area contributed by atoms with E-state index in [-0.39, 0.29) is 11.3 Å². The number of benzene rings is 2. The molecule has 1 aliphatic heterocycles. The molecule has 6 heteroatoms. The van der Waals surface area contributed by atoms with Crippen LogP contribution in [0.4, 0.5) is 0 Å². The Morgan fingerprint density at radius 1 is 0.944 bits per heavy atom. The van der Waals surface area contributed by atoms with Crippen LogP contribution in [0.1, 0.15) is 30.0 Å². The highest BCUT2D eigenvalue weighted by Gasteiger charge is 2.26. The van der Waals surface area contributed by atoms with Crippen LogP contribution in [0.15, 0.2) is 101 Å². The molecule has 178 valence electrons. The second-order valence-electron chi connectivity index (χ2n) is 9.25. The first-order valence-electron chi connectivity index (χ1n) is 12.3. The van der Waals surface area contributed by atoms with Gasteiger partial charge in [0.2, 0.25) is 0 Å². The molecule has 1 unspecified atom stereocenters. The average molecular weight is 475 g/mol. The molecule has 1 atom stereocenters. The maximum atomic E-state index is 13.1. The van der Waals surface area contributed by atoms with Gasteiger partial charge in [0, 0.05) is 54.3 Å². The Hall–Kier alpha value is -4.16. The zero-order valence-corrected chi connectivity index (χ0v) is 19.9. The highest BCUT2D eigenvalue weighted by atomic mass is 16.3. The summed E-state index contributed by atoms with van der Waals surface area (Å²) in [6, 6.07) is 21.6. The lowest BCUT2D eigenvalue weighted by atomic mass is 9.89. The minimum absolute atomic E-state index is 0.0472. The first-order chi connectivity index (χ1) is 17.8. The van der Waals surface area contributed by atoms with E-state index in [1.54, 1.807) is 18.7 Å². The van der Waals surface area contributed by atoms with Gasteiger partial charge in [0.05, 0.1) is 17.3 Å². The molecule has 6 nitrogen and oxygen atoms in total. The van der Waals surface area contributed by atoms with E-state index >= 15 is 0 Å². The van der Waals surface area contributed by atoms with Crippen LogP contribution in [-0.2, 0) is 6.54 Å². The average Bonchev–Trinajstić information content (AvgIpc) is 2.95. The first-order valence-corrected chi connectivity index (χ1v) is 12.3. The number of para-hydroxylation sites is 1. The third kappa shape index (κ3) is 4.43. The van der Waals surface area contributed by atoms with Gasteiger partial charge in [-0.1, -0.05) is 42.5 Å². The van der Waals surface area contributed by atoms with Gasteiger partial charge in [-0.3, -0.25) is 14.7 Å². The summed E-state index contributed by atoms with van der Waals surface area (Å²) in [4.78, 5) is 29.4. The molecule has 0 radical (unpaired) electrons. The number of hydrogen-bond acceptors (Lipinski definition) is 6. The van der Waals surface area contributed by atoms with Crippen molar-refractivity contribution < 1.29 is 4.42 Å². The lowest BCUT2D eigenvalue weighted by Gasteiger charge is -2.33. The van der Waals surface area contributed by atoms with Crippen LogP contribution in [0.5, 0.6) is 0 Å². The molecule has 2 aromatic carbocycles. The molecule has 0 aliphatic carbocycles. The van der Waals surface area contributed by atoms with E-state index < -0.39 is 0 Å². The van der Waals surface area contributed by atoms with E-state index in [1.165, 1.54) is 0 Å². The highest BCUT2D eigenvalue weighted by molar-refractivity contribution is 5.76. The Morgan fingerprint density at radius 3 is 2.61 bits per heavy atom.